The van der Waals surface area contributed by atoms with Crippen LogP contribution in [0, 0.1) is 11.3 Å². The molecule has 0 spiro atoms. The first-order valence-corrected chi connectivity index (χ1v) is 5.80. The summed E-state index contributed by atoms with van der Waals surface area (Å²) in [7, 11) is 0. The van der Waals surface area contributed by atoms with Gasteiger partial charge in [-0.1, -0.05) is 6.92 Å². The zero-order chi connectivity index (χ0) is 12.8. The summed E-state index contributed by atoms with van der Waals surface area (Å²) in [6.07, 6.45) is -3.22. The predicted molar refractivity (Wildman–Crippen MR) is 54.5 cm³/mol. The quantitative estimate of drug-likeness (QED) is 0.817. The van der Waals surface area contributed by atoms with Crippen LogP contribution in [0.4, 0.5) is 13.2 Å². The number of aliphatic carboxylic acids is 1. The Morgan fingerprint density at radius 3 is 2.35 bits per heavy atom. The fraction of sp³-hybridized carbons (Fsp3) is 0.909. The van der Waals surface area contributed by atoms with Gasteiger partial charge >= 0.3 is 12.1 Å². The molecule has 1 aliphatic heterocycles. The summed E-state index contributed by atoms with van der Waals surface area (Å²) in [6.45, 7) is 1.91. The fourth-order valence-corrected chi connectivity index (χ4v) is 2.84. The first-order chi connectivity index (χ1) is 7.76. The first kappa shape index (κ1) is 12.7. The number of carboxylic acid groups (broad SMARTS) is 1. The molecule has 1 unspecified atom stereocenters. The fourth-order valence-electron chi connectivity index (χ4n) is 2.84. The van der Waals surface area contributed by atoms with Crippen LogP contribution in [0.15, 0.2) is 0 Å². The molecule has 0 bridgehead atoms. The van der Waals surface area contributed by atoms with Crippen molar-refractivity contribution in [3.05, 3.63) is 0 Å². The standard InChI is InChI=1S/C11H16F3NO2/c1-7-4-8(5-7)15-3-2-10(6-15,9(16)17)11(12,13)14/h7-8H,2-6H2,1H3,(H,16,17). The van der Waals surface area contributed by atoms with E-state index in [-0.39, 0.29) is 25.6 Å². The van der Waals surface area contributed by atoms with Crippen LogP contribution in [0.25, 0.3) is 0 Å². The van der Waals surface area contributed by atoms with E-state index < -0.39 is 17.6 Å². The van der Waals surface area contributed by atoms with Crippen LogP contribution in [0.3, 0.4) is 0 Å². The maximum Gasteiger partial charge on any atom is 0.406 e. The van der Waals surface area contributed by atoms with E-state index >= 15 is 0 Å². The number of carbonyl (C=O) groups is 1. The third-order valence-electron chi connectivity index (χ3n) is 4.12. The van der Waals surface area contributed by atoms with Gasteiger partial charge in [0.05, 0.1) is 0 Å². The second-order valence-corrected chi connectivity index (χ2v) is 5.34. The SMILES string of the molecule is CC1CC(N2CCC(C(=O)O)(C(F)(F)F)C2)C1. The highest BCUT2D eigenvalue weighted by atomic mass is 19.4. The molecule has 1 N–H and O–H groups in total. The van der Waals surface area contributed by atoms with E-state index in [1.54, 1.807) is 4.90 Å². The number of nitrogens with zero attached hydrogens (tertiary/aromatic N) is 1. The highest BCUT2D eigenvalue weighted by Crippen LogP contribution is 2.48. The van der Waals surface area contributed by atoms with Gasteiger partial charge in [-0.15, -0.1) is 0 Å². The highest BCUT2D eigenvalue weighted by Gasteiger charge is 2.64. The van der Waals surface area contributed by atoms with Crippen LogP contribution in [0.1, 0.15) is 26.2 Å². The molecule has 1 heterocycles. The Bertz CT molecular complexity index is 325. The van der Waals surface area contributed by atoms with Crippen molar-refractivity contribution in [2.24, 2.45) is 11.3 Å². The number of rotatable bonds is 2. The highest BCUT2D eigenvalue weighted by molar-refractivity contribution is 5.76. The van der Waals surface area contributed by atoms with Gasteiger partial charge in [-0.2, -0.15) is 13.2 Å². The van der Waals surface area contributed by atoms with Crippen LogP contribution >= 0.6 is 0 Å². The van der Waals surface area contributed by atoms with Crippen molar-refractivity contribution in [1.29, 1.82) is 0 Å². The van der Waals surface area contributed by atoms with Gasteiger partial charge in [0.1, 0.15) is 0 Å². The van der Waals surface area contributed by atoms with E-state index in [0.29, 0.717) is 5.92 Å². The Morgan fingerprint density at radius 1 is 1.41 bits per heavy atom. The van der Waals surface area contributed by atoms with Crippen LogP contribution in [-0.2, 0) is 4.79 Å². The Hall–Kier alpha value is -0.780. The molecule has 1 atom stereocenters. The topological polar surface area (TPSA) is 40.5 Å². The average Bonchev–Trinajstić information content (AvgIpc) is 2.57. The zero-order valence-electron chi connectivity index (χ0n) is 9.63. The van der Waals surface area contributed by atoms with E-state index in [9.17, 15) is 18.0 Å². The maximum atomic E-state index is 12.9. The lowest BCUT2D eigenvalue weighted by molar-refractivity contribution is -0.228. The summed E-state index contributed by atoms with van der Waals surface area (Å²) in [5.74, 6) is -1.19. The van der Waals surface area contributed by atoms with E-state index in [1.807, 2.05) is 0 Å². The molecule has 1 aliphatic carbocycles. The summed E-state index contributed by atoms with van der Waals surface area (Å²) >= 11 is 0. The number of carboxylic acids is 1. The van der Waals surface area contributed by atoms with Crippen molar-refractivity contribution < 1.29 is 23.1 Å². The summed E-state index contributed by atoms with van der Waals surface area (Å²) in [5.41, 5.74) is -2.55. The number of alkyl halides is 3. The molecular formula is C11H16F3NO2. The number of halogens is 3. The second-order valence-electron chi connectivity index (χ2n) is 5.34. The predicted octanol–water partition coefficient (Wildman–Crippen LogP) is 2.12. The minimum absolute atomic E-state index is 0.147. The summed E-state index contributed by atoms with van der Waals surface area (Å²) < 4.78 is 38.7. The van der Waals surface area contributed by atoms with Crippen molar-refractivity contribution in [1.82, 2.24) is 4.90 Å². The molecular weight excluding hydrogens is 235 g/mol. The van der Waals surface area contributed by atoms with Crippen molar-refractivity contribution >= 4 is 5.97 Å². The Labute approximate surface area is 97.6 Å². The van der Waals surface area contributed by atoms with Gasteiger partial charge in [-0.05, 0) is 31.7 Å². The van der Waals surface area contributed by atoms with Gasteiger partial charge in [-0.25, -0.2) is 0 Å². The van der Waals surface area contributed by atoms with E-state index in [0.717, 1.165) is 12.8 Å². The molecule has 0 aromatic heterocycles. The molecule has 0 radical (unpaired) electrons. The Morgan fingerprint density at radius 2 is 2.00 bits per heavy atom. The minimum atomic E-state index is -4.66. The number of likely N-dealkylation sites (tertiary alicyclic amines) is 1. The van der Waals surface area contributed by atoms with Gasteiger partial charge < -0.3 is 5.11 Å². The van der Waals surface area contributed by atoms with Crippen LogP contribution in [-0.4, -0.2) is 41.3 Å². The van der Waals surface area contributed by atoms with Gasteiger partial charge in [0.25, 0.3) is 0 Å². The molecule has 1 saturated heterocycles. The lowest BCUT2D eigenvalue weighted by atomic mass is 9.80. The van der Waals surface area contributed by atoms with Gasteiger partial charge in [0.2, 0.25) is 0 Å². The van der Waals surface area contributed by atoms with E-state index in [4.69, 9.17) is 5.11 Å². The van der Waals surface area contributed by atoms with Crippen molar-refractivity contribution in [2.45, 2.75) is 38.4 Å². The summed E-state index contributed by atoms with van der Waals surface area (Å²) in [5, 5.41) is 8.89. The Balaban J connectivity index is 2.10. The average molecular weight is 251 g/mol. The summed E-state index contributed by atoms with van der Waals surface area (Å²) in [6, 6.07) is 0.147. The molecule has 98 valence electrons. The van der Waals surface area contributed by atoms with Crippen LogP contribution in [0.2, 0.25) is 0 Å². The van der Waals surface area contributed by atoms with Gasteiger partial charge in [0.15, 0.2) is 5.41 Å². The first-order valence-electron chi connectivity index (χ1n) is 5.80. The molecule has 0 amide bonds. The molecule has 17 heavy (non-hydrogen) atoms. The number of hydrogen-bond acceptors (Lipinski definition) is 2. The normalized spacial score (nSPS) is 39.1. The monoisotopic (exact) mass is 251 g/mol. The molecule has 0 aromatic carbocycles. The third kappa shape index (κ3) is 1.92. The molecule has 3 nitrogen and oxygen atoms in total. The largest absolute Gasteiger partial charge is 0.481 e. The molecule has 2 aliphatic rings. The van der Waals surface area contributed by atoms with Crippen molar-refractivity contribution in [2.75, 3.05) is 13.1 Å². The lowest BCUT2D eigenvalue weighted by Gasteiger charge is -2.40. The molecule has 0 aromatic rings. The minimum Gasteiger partial charge on any atom is -0.481 e. The molecule has 2 rings (SSSR count). The van der Waals surface area contributed by atoms with E-state index in [2.05, 4.69) is 6.92 Å². The third-order valence-corrected chi connectivity index (χ3v) is 4.12. The summed E-state index contributed by atoms with van der Waals surface area (Å²) in [4.78, 5) is 12.7. The van der Waals surface area contributed by atoms with Gasteiger partial charge in [-0.3, -0.25) is 9.69 Å². The smallest absolute Gasteiger partial charge is 0.406 e. The molecule has 2 fully saturated rings. The maximum absolute atomic E-state index is 12.9. The number of hydrogen-bond donors (Lipinski definition) is 1. The van der Waals surface area contributed by atoms with Crippen molar-refractivity contribution in [3.63, 3.8) is 0 Å². The van der Waals surface area contributed by atoms with E-state index in [1.165, 1.54) is 0 Å². The van der Waals surface area contributed by atoms with Crippen LogP contribution < -0.4 is 0 Å². The van der Waals surface area contributed by atoms with Gasteiger partial charge in [0, 0.05) is 12.6 Å². The molecule has 1 saturated carbocycles. The Kier molecular flexibility index (Phi) is 2.88. The second kappa shape index (κ2) is 3.86. The van der Waals surface area contributed by atoms with Crippen molar-refractivity contribution in [3.8, 4) is 0 Å². The molecule has 6 heteroatoms. The lowest BCUT2D eigenvalue weighted by Crippen LogP contribution is -2.50. The van der Waals surface area contributed by atoms with Crippen LogP contribution in [0.5, 0.6) is 0 Å². The zero-order valence-corrected chi connectivity index (χ0v) is 9.63.